The molecule has 0 saturated carbocycles. The van der Waals surface area contributed by atoms with E-state index < -0.39 is 0 Å². The lowest BCUT2D eigenvalue weighted by atomic mass is 9.92. The van der Waals surface area contributed by atoms with E-state index in [0.717, 1.165) is 36.9 Å². The first-order valence-electron chi connectivity index (χ1n) is 7.89. The summed E-state index contributed by atoms with van der Waals surface area (Å²) in [5, 5.41) is 0. The quantitative estimate of drug-likeness (QED) is 0.819. The van der Waals surface area contributed by atoms with Crippen LogP contribution in [0.5, 0.6) is 0 Å². The molecule has 1 aromatic heterocycles. The van der Waals surface area contributed by atoms with Crippen molar-refractivity contribution < 1.29 is 4.79 Å². The fourth-order valence-corrected chi connectivity index (χ4v) is 3.52. The molecule has 1 aliphatic rings. The number of piperidine rings is 1. The third kappa shape index (κ3) is 4.22. The van der Waals surface area contributed by atoms with Gasteiger partial charge in [-0.2, -0.15) is 0 Å². The molecule has 0 radical (unpaired) electrons. The largest absolute Gasteiger partial charge is 0.371 e. The molecule has 1 saturated heterocycles. The second-order valence-electron chi connectivity index (χ2n) is 7.19. The SMILES string of the molecule is CN(CC1CCN(c2ccncc2Br)CC1)C(=O)C(C)(C)C. The van der Waals surface area contributed by atoms with E-state index in [-0.39, 0.29) is 11.3 Å². The fraction of sp³-hybridized carbons (Fsp3) is 0.647. The number of nitrogens with zero attached hydrogens (tertiary/aromatic N) is 3. The number of hydrogen-bond donors (Lipinski definition) is 0. The van der Waals surface area contributed by atoms with Crippen LogP contribution in [0.2, 0.25) is 0 Å². The summed E-state index contributed by atoms with van der Waals surface area (Å²) >= 11 is 3.57. The monoisotopic (exact) mass is 367 g/mol. The average Bonchev–Trinajstić information content (AvgIpc) is 2.47. The van der Waals surface area contributed by atoms with Crippen LogP contribution in [0, 0.1) is 11.3 Å². The summed E-state index contributed by atoms with van der Waals surface area (Å²) in [6.07, 6.45) is 5.92. The molecule has 0 spiro atoms. The van der Waals surface area contributed by atoms with E-state index in [9.17, 15) is 4.79 Å². The van der Waals surface area contributed by atoms with Gasteiger partial charge in [-0.1, -0.05) is 20.8 Å². The van der Waals surface area contributed by atoms with Gasteiger partial charge in [0.05, 0.1) is 10.2 Å². The fourth-order valence-electron chi connectivity index (χ4n) is 3.02. The standard InChI is InChI=1S/C17H26BrN3O/c1-17(2,3)16(22)20(4)12-13-6-9-21(10-7-13)15-5-8-19-11-14(15)18/h5,8,11,13H,6-7,9-10,12H2,1-4H3. The van der Waals surface area contributed by atoms with Crippen LogP contribution >= 0.6 is 15.9 Å². The minimum absolute atomic E-state index is 0.229. The van der Waals surface area contributed by atoms with Gasteiger partial charge in [0.25, 0.3) is 0 Å². The molecular weight excluding hydrogens is 342 g/mol. The molecule has 0 unspecified atom stereocenters. The van der Waals surface area contributed by atoms with Crippen molar-refractivity contribution in [1.29, 1.82) is 0 Å². The zero-order valence-corrected chi connectivity index (χ0v) is 15.6. The maximum Gasteiger partial charge on any atom is 0.227 e. The minimum Gasteiger partial charge on any atom is -0.371 e. The molecule has 1 amide bonds. The summed E-state index contributed by atoms with van der Waals surface area (Å²) in [5.41, 5.74) is 0.921. The number of aromatic nitrogens is 1. The second kappa shape index (κ2) is 6.99. The normalized spacial score (nSPS) is 16.7. The smallest absolute Gasteiger partial charge is 0.227 e. The van der Waals surface area contributed by atoms with Crippen molar-refractivity contribution in [3.8, 4) is 0 Å². The van der Waals surface area contributed by atoms with Crippen molar-refractivity contribution in [2.45, 2.75) is 33.6 Å². The molecule has 0 bridgehead atoms. The van der Waals surface area contributed by atoms with Gasteiger partial charge in [0.2, 0.25) is 5.91 Å². The summed E-state index contributed by atoms with van der Waals surface area (Å²) in [4.78, 5) is 20.7. The van der Waals surface area contributed by atoms with E-state index in [1.165, 1.54) is 5.69 Å². The van der Waals surface area contributed by atoms with Crippen LogP contribution < -0.4 is 4.90 Å². The summed E-state index contributed by atoms with van der Waals surface area (Å²) in [6.45, 7) is 8.87. The number of pyridine rings is 1. The molecule has 1 fully saturated rings. The van der Waals surface area contributed by atoms with E-state index >= 15 is 0 Å². The van der Waals surface area contributed by atoms with Crippen LogP contribution in [0.4, 0.5) is 5.69 Å². The molecule has 0 atom stereocenters. The van der Waals surface area contributed by atoms with Crippen molar-refractivity contribution in [3.05, 3.63) is 22.9 Å². The number of carbonyl (C=O) groups is 1. The highest BCUT2D eigenvalue weighted by Crippen LogP contribution is 2.29. The van der Waals surface area contributed by atoms with Crippen LogP contribution in [0.3, 0.4) is 0 Å². The van der Waals surface area contributed by atoms with Crippen molar-refractivity contribution in [2.24, 2.45) is 11.3 Å². The van der Waals surface area contributed by atoms with E-state index in [4.69, 9.17) is 0 Å². The summed E-state index contributed by atoms with van der Waals surface area (Å²) in [5.74, 6) is 0.819. The van der Waals surface area contributed by atoms with Crippen molar-refractivity contribution in [2.75, 3.05) is 31.6 Å². The van der Waals surface area contributed by atoms with Crippen LogP contribution in [0.1, 0.15) is 33.6 Å². The Balaban J connectivity index is 1.88. The van der Waals surface area contributed by atoms with Gasteiger partial charge in [0.1, 0.15) is 0 Å². The van der Waals surface area contributed by atoms with Gasteiger partial charge in [-0.3, -0.25) is 9.78 Å². The molecular formula is C17H26BrN3O. The van der Waals surface area contributed by atoms with Gasteiger partial charge in [-0.25, -0.2) is 0 Å². The maximum absolute atomic E-state index is 12.3. The maximum atomic E-state index is 12.3. The Hall–Kier alpha value is -1.10. The van der Waals surface area contributed by atoms with Crippen molar-refractivity contribution in [3.63, 3.8) is 0 Å². The van der Waals surface area contributed by atoms with E-state index in [1.54, 1.807) is 0 Å². The van der Waals surface area contributed by atoms with Gasteiger partial charge in [-0.05, 0) is 40.8 Å². The first-order chi connectivity index (χ1) is 10.3. The predicted molar refractivity (Wildman–Crippen MR) is 94.0 cm³/mol. The lowest BCUT2D eigenvalue weighted by molar-refractivity contribution is -0.138. The Morgan fingerprint density at radius 2 is 2.05 bits per heavy atom. The third-order valence-electron chi connectivity index (χ3n) is 4.23. The topological polar surface area (TPSA) is 36.4 Å². The van der Waals surface area contributed by atoms with E-state index in [1.807, 2.05) is 45.1 Å². The van der Waals surface area contributed by atoms with Crippen LogP contribution in [0.25, 0.3) is 0 Å². The van der Waals surface area contributed by atoms with E-state index in [2.05, 4.69) is 31.9 Å². The molecule has 0 aliphatic carbocycles. The van der Waals surface area contributed by atoms with Crippen molar-refractivity contribution in [1.82, 2.24) is 9.88 Å². The average molecular weight is 368 g/mol. The minimum atomic E-state index is -0.294. The first kappa shape index (κ1) is 17.3. The highest BCUT2D eigenvalue weighted by Gasteiger charge is 2.28. The van der Waals surface area contributed by atoms with Gasteiger partial charge in [0, 0.05) is 44.5 Å². The zero-order chi connectivity index (χ0) is 16.3. The second-order valence-corrected chi connectivity index (χ2v) is 8.05. The van der Waals surface area contributed by atoms with Gasteiger partial charge < -0.3 is 9.80 Å². The molecule has 122 valence electrons. The number of halogens is 1. The van der Waals surface area contributed by atoms with E-state index in [0.29, 0.717) is 5.92 Å². The molecule has 5 heteroatoms. The Morgan fingerprint density at radius 1 is 1.41 bits per heavy atom. The van der Waals surface area contributed by atoms with Crippen LogP contribution in [0.15, 0.2) is 22.9 Å². The Bertz CT molecular complexity index is 519. The number of carbonyl (C=O) groups excluding carboxylic acids is 1. The number of anilines is 1. The Morgan fingerprint density at radius 3 is 2.59 bits per heavy atom. The highest BCUT2D eigenvalue weighted by atomic mass is 79.9. The molecule has 0 aromatic carbocycles. The lowest BCUT2D eigenvalue weighted by Crippen LogP contribution is -2.42. The molecule has 0 N–H and O–H groups in total. The number of hydrogen-bond acceptors (Lipinski definition) is 3. The predicted octanol–water partition coefficient (Wildman–Crippen LogP) is 3.57. The zero-order valence-electron chi connectivity index (χ0n) is 14.0. The summed E-state index contributed by atoms with van der Waals surface area (Å²) in [6, 6.07) is 2.06. The Kier molecular flexibility index (Phi) is 5.48. The lowest BCUT2D eigenvalue weighted by Gasteiger charge is -2.36. The molecule has 2 rings (SSSR count). The third-order valence-corrected chi connectivity index (χ3v) is 4.84. The Labute approximate surface area is 142 Å². The van der Waals surface area contributed by atoms with Crippen LogP contribution in [-0.2, 0) is 4.79 Å². The molecule has 2 heterocycles. The molecule has 22 heavy (non-hydrogen) atoms. The summed E-state index contributed by atoms with van der Waals surface area (Å²) in [7, 11) is 1.93. The molecule has 1 aliphatic heterocycles. The first-order valence-corrected chi connectivity index (χ1v) is 8.68. The van der Waals surface area contributed by atoms with Crippen LogP contribution in [-0.4, -0.2) is 42.5 Å². The molecule has 4 nitrogen and oxygen atoms in total. The molecule has 1 aromatic rings. The van der Waals surface area contributed by atoms with Gasteiger partial charge in [-0.15, -0.1) is 0 Å². The van der Waals surface area contributed by atoms with Gasteiger partial charge in [0.15, 0.2) is 0 Å². The van der Waals surface area contributed by atoms with Gasteiger partial charge >= 0.3 is 0 Å². The number of rotatable bonds is 3. The van der Waals surface area contributed by atoms with Crippen molar-refractivity contribution >= 4 is 27.5 Å². The summed E-state index contributed by atoms with van der Waals surface area (Å²) < 4.78 is 1.05. The number of amides is 1. The highest BCUT2D eigenvalue weighted by molar-refractivity contribution is 9.10.